The number of thiazole rings is 1. The van der Waals surface area contributed by atoms with Crippen LogP contribution in [0.25, 0.3) is 21.3 Å². The number of hydrogen-bond acceptors (Lipinski definition) is 6. The zero-order valence-electron chi connectivity index (χ0n) is 18.1. The van der Waals surface area contributed by atoms with Crippen molar-refractivity contribution in [2.24, 2.45) is 0 Å². The second kappa shape index (κ2) is 9.03. The molecule has 34 heavy (non-hydrogen) atoms. The predicted molar refractivity (Wildman–Crippen MR) is 130 cm³/mol. The molecule has 0 atom stereocenters. The van der Waals surface area contributed by atoms with Gasteiger partial charge in [0.1, 0.15) is 22.8 Å². The Kier molecular flexibility index (Phi) is 5.77. The minimum Gasteiger partial charge on any atom is -0.494 e. The summed E-state index contributed by atoms with van der Waals surface area (Å²) in [5.41, 5.74) is 0.766. The van der Waals surface area contributed by atoms with Crippen LogP contribution in [0.15, 0.2) is 71.7 Å². The fourth-order valence-corrected chi connectivity index (χ4v) is 4.58. The Hall–Kier alpha value is -4.11. The maximum absolute atomic E-state index is 14.3. The van der Waals surface area contributed by atoms with E-state index in [2.05, 4.69) is 15.3 Å². The maximum atomic E-state index is 14.3. The Morgan fingerprint density at radius 3 is 2.82 bits per heavy atom. The van der Waals surface area contributed by atoms with E-state index in [1.807, 2.05) is 25.1 Å². The molecule has 5 rings (SSSR count). The summed E-state index contributed by atoms with van der Waals surface area (Å²) in [6, 6.07) is 16.7. The number of aromatic nitrogens is 3. The predicted octanol–water partition coefficient (Wildman–Crippen LogP) is 4.84. The zero-order valence-corrected chi connectivity index (χ0v) is 18.9. The molecule has 0 radical (unpaired) electrons. The number of carbonyl (C=O) groups excluding carboxylic acids is 1. The summed E-state index contributed by atoms with van der Waals surface area (Å²) in [5, 5.41) is 3.68. The van der Waals surface area contributed by atoms with Crippen LogP contribution in [0.1, 0.15) is 22.8 Å². The lowest BCUT2D eigenvalue weighted by atomic mass is 10.1. The van der Waals surface area contributed by atoms with Crippen molar-refractivity contribution in [1.29, 1.82) is 0 Å². The largest absolute Gasteiger partial charge is 0.494 e. The third-order valence-corrected chi connectivity index (χ3v) is 6.20. The summed E-state index contributed by atoms with van der Waals surface area (Å²) < 4.78 is 22.0. The van der Waals surface area contributed by atoms with E-state index in [9.17, 15) is 14.0 Å². The van der Waals surface area contributed by atoms with Crippen LogP contribution < -0.4 is 15.6 Å². The summed E-state index contributed by atoms with van der Waals surface area (Å²) in [6.07, 6.45) is 1.55. The number of hydrogen-bond donors (Lipinski definition) is 1. The highest BCUT2D eigenvalue weighted by Gasteiger charge is 2.19. The normalized spacial score (nSPS) is 11.1. The summed E-state index contributed by atoms with van der Waals surface area (Å²) in [7, 11) is 0. The fraction of sp³-hybridized carbons (Fsp3) is 0.120. The number of nitrogens with zero attached hydrogens (tertiary/aromatic N) is 3. The number of anilines is 1. The molecular weight excluding hydrogens is 455 g/mol. The molecule has 0 unspecified atom stereocenters. The molecule has 170 valence electrons. The van der Waals surface area contributed by atoms with Gasteiger partial charge in [-0.05, 0) is 49.4 Å². The van der Waals surface area contributed by atoms with Gasteiger partial charge >= 0.3 is 0 Å². The standard InChI is InChI=1S/C25H19FN4O3S/c1-2-33-17-9-10-20-21(13-17)34-25(28-20)29-23(31)18-12-15-7-5-11-27-22(15)30(24(18)32)14-16-6-3-4-8-19(16)26/h3-13H,2,14H2,1H3,(H,28,29,31). The van der Waals surface area contributed by atoms with Crippen LogP contribution in [0, 0.1) is 5.82 Å². The molecule has 1 N–H and O–H groups in total. The first-order valence-electron chi connectivity index (χ1n) is 10.6. The van der Waals surface area contributed by atoms with E-state index in [4.69, 9.17) is 4.74 Å². The number of nitrogens with one attached hydrogen (secondary N) is 1. The molecule has 5 aromatic rings. The van der Waals surface area contributed by atoms with Crippen LogP contribution in [0.2, 0.25) is 0 Å². The molecule has 0 aliphatic rings. The molecule has 7 nitrogen and oxygen atoms in total. The first kappa shape index (κ1) is 21.7. The van der Waals surface area contributed by atoms with Crippen LogP contribution in [0.3, 0.4) is 0 Å². The topological polar surface area (TPSA) is 86.1 Å². The van der Waals surface area contributed by atoms with Gasteiger partial charge in [-0.15, -0.1) is 0 Å². The molecule has 1 amide bonds. The molecular formula is C25H19FN4O3S. The van der Waals surface area contributed by atoms with E-state index in [-0.39, 0.29) is 12.1 Å². The van der Waals surface area contributed by atoms with Gasteiger partial charge in [-0.1, -0.05) is 29.5 Å². The highest BCUT2D eigenvalue weighted by molar-refractivity contribution is 7.22. The zero-order chi connectivity index (χ0) is 23.7. The highest BCUT2D eigenvalue weighted by atomic mass is 32.1. The lowest BCUT2D eigenvalue weighted by molar-refractivity contribution is 0.102. The number of halogens is 1. The van der Waals surface area contributed by atoms with Gasteiger partial charge in [0.25, 0.3) is 11.5 Å². The minimum atomic E-state index is -0.595. The molecule has 0 spiro atoms. The third kappa shape index (κ3) is 4.13. The average molecular weight is 475 g/mol. The first-order chi connectivity index (χ1) is 16.5. The van der Waals surface area contributed by atoms with Crippen molar-refractivity contribution in [2.75, 3.05) is 11.9 Å². The fourth-order valence-electron chi connectivity index (χ4n) is 3.69. The molecule has 0 fully saturated rings. The van der Waals surface area contributed by atoms with Crippen molar-refractivity contribution in [2.45, 2.75) is 13.5 Å². The first-order valence-corrected chi connectivity index (χ1v) is 11.4. The van der Waals surface area contributed by atoms with Gasteiger partial charge < -0.3 is 4.74 Å². The third-order valence-electron chi connectivity index (χ3n) is 5.27. The van der Waals surface area contributed by atoms with Gasteiger partial charge in [0.05, 0.1) is 23.4 Å². The number of carbonyl (C=O) groups is 1. The van der Waals surface area contributed by atoms with Gasteiger partial charge in [-0.3, -0.25) is 19.5 Å². The number of rotatable bonds is 6. The smallest absolute Gasteiger partial charge is 0.265 e. The average Bonchev–Trinajstić information content (AvgIpc) is 3.23. The molecule has 0 bridgehead atoms. The quantitative estimate of drug-likeness (QED) is 0.380. The molecule has 3 heterocycles. The van der Waals surface area contributed by atoms with Gasteiger partial charge in [-0.25, -0.2) is 14.4 Å². The van der Waals surface area contributed by atoms with E-state index < -0.39 is 17.3 Å². The Bertz CT molecular complexity index is 1590. The summed E-state index contributed by atoms with van der Waals surface area (Å²) >= 11 is 1.28. The number of pyridine rings is 2. The van der Waals surface area contributed by atoms with Crippen LogP contribution in [-0.4, -0.2) is 27.0 Å². The van der Waals surface area contributed by atoms with Crippen molar-refractivity contribution in [3.05, 3.63) is 94.2 Å². The van der Waals surface area contributed by atoms with Gasteiger partial charge in [0, 0.05) is 17.1 Å². The Labute approximate surface area is 197 Å². The van der Waals surface area contributed by atoms with Crippen molar-refractivity contribution >= 4 is 43.6 Å². The number of benzene rings is 2. The van der Waals surface area contributed by atoms with Gasteiger partial charge in [0.2, 0.25) is 0 Å². The second-order valence-corrected chi connectivity index (χ2v) is 8.52. The van der Waals surface area contributed by atoms with Crippen LogP contribution in [-0.2, 0) is 6.54 Å². The molecule has 0 saturated carbocycles. The van der Waals surface area contributed by atoms with Gasteiger partial charge in [-0.2, -0.15) is 0 Å². The molecule has 0 aliphatic heterocycles. The maximum Gasteiger partial charge on any atom is 0.265 e. The van der Waals surface area contributed by atoms with Crippen LogP contribution in [0.4, 0.5) is 9.52 Å². The SMILES string of the molecule is CCOc1ccc2nc(NC(=O)c3cc4cccnc4n(Cc4ccccc4F)c3=O)sc2c1. The Morgan fingerprint density at radius 2 is 2.00 bits per heavy atom. The molecule has 3 aromatic heterocycles. The van der Waals surface area contributed by atoms with Crippen molar-refractivity contribution in [1.82, 2.24) is 14.5 Å². The van der Waals surface area contributed by atoms with E-state index in [0.29, 0.717) is 33.9 Å². The summed E-state index contributed by atoms with van der Waals surface area (Å²) in [5.74, 6) is -0.314. The number of fused-ring (bicyclic) bond motifs is 2. The summed E-state index contributed by atoms with van der Waals surface area (Å²) in [6.45, 7) is 2.39. The van der Waals surface area contributed by atoms with Crippen LogP contribution >= 0.6 is 11.3 Å². The van der Waals surface area contributed by atoms with E-state index >= 15 is 0 Å². The monoisotopic (exact) mass is 474 g/mol. The number of ether oxygens (including phenoxy) is 1. The number of amides is 1. The van der Waals surface area contributed by atoms with Crippen molar-refractivity contribution in [3.8, 4) is 5.75 Å². The Balaban J connectivity index is 1.52. The lowest BCUT2D eigenvalue weighted by Gasteiger charge is -2.12. The Morgan fingerprint density at radius 1 is 1.15 bits per heavy atom. The highest BCUT2D eigenvalue weighted by Crippen LogP contribution is 2.29. The van der Waals surface area contributed by atoms with E-state index in [0.717, 1.165) is 10.4 Å². The van der Waals surface area contributed by atoms with E-state index in [1.54, 1.807) is 36.5 Å². The minimum absolute atomic E-state index is 0.0541. The molecule has 2 aromatic carbocycles. The van der Waals surface area contributed by atoms with Crippen molar-refractivity contribution < 1.29 is 13.9 Å². The molecule has 0 aliphatic carbocycles. The van der Waals surface area contributed by atoms with Gasteiger partial charge in [0.15, 0.2) is 5.13 Å². The van der Waals surface area contributed by atoms with Crippen molar-refractivity contribution in [3.63, 3.8) is 0 Å². The van der Waals surface area contributed by atoms with E-state index in [1.165, 1.54) is 28.0 Å². The van der Waals surface area contributed by atoms with Crippen LogP contribution in [0.5, 0.6) is 5.75 Å². The summed E-state index contributed by atoms with van der Waals surface area (Å²) in [4.78, 5) is 35.2. The lowest BCUT2D eigenvalue weighted by Crippen LogP contribution is -2.30. The molecule has 9 heteroatoms. The second-order valence-electron chi connectivity index (χ2n) is 7.49. The molecule has 0 saturated heterocycles.